The van der Waals surface area contributed by atoms with Crippen LogP contribution in [-0.4, -0.2) is 296 Å². The first-order valence-corrected chi connectivity index (χ1v) is 41.9. The molecular formula is C93H98BrClN2O38. The van der Waals surface area contributed by atoms with E-state index >= 15 is 0 Å². The highest BCUT2D eigenvalue weighted by Gasteiger charge is 2.52. The Kier molecular flexibility index (Phi) is 50.9. The van der Waals surface area contributed by atoms with Crippen LogP contribution in [0.1, 0.15) is 90.6 Å². The van der Waals surface area contributed by atoms with Crippen molar-refractivity contribution in [3.63, 3.8) is 0 Å². The van der Waals surface area contributed by atoms with Crippen LogP contribution in [-0.2, 0) is 85.0 Å². The summed E-state index contributed by atoms with van der Waals surface area (Å²) >= 11 is 7.53. The van der Waals surface area contributed by atoms with Gasteiger partial charge in [0.25, 0.3) is 0 Å². The van der Waals surface area contributed by atoms with Gasteiger partial charge in [-0.3, -0.25) is 0 Å². The molecule has 40 nitrogen and oxygen atoms in total. The molecule has 6 aliphatic heterocycles. The van der Waals surface area contributed by atoms with Gasteiger partial charge in [0.1, 0.15) is 142 Å². The lowest BCUT2D eigenvalue weighted by molar-refractivity contribution is -0.139. The molecule has 6 unspecified atom stereocenters. The quantitative estimate of drug-likeness (QED) is 0.00666. The summed E-state index contributed by atoms with van der Waals surface area (Å²) < 4.78 is 92.8. The minimum Gasteiger partial charge on any atom is -0.508 e. The number of benzene rings is 7. The van der Waals surface area contributed by atoms with Crippen LogP contribution in [0.25, 0.3) is 0 Å². The number of esters is 7. The number of aromatic carboxylic acids is 3. The minimum atomic E-state index is -0.989. The maximum atomic E-state index is 12.6. The number of aliphatic hydroxyl groups is 5. The molecule has 13 rings (SSSR count). The second-order valence-electron chi connectivity index (χ2n) is 27.2. The molecule has 6 aliphatic rings. The van der Waals surface area contributed by atoms with Crippen molar-refractivity contribution >= 4 is 93.5 Å². The molecule has 0 saturated carbocycles. The summed E-state index contributed by atoms with van der Waals surface area (Å²) in [7, 11) is 0. The van der Waals surface area contributed by atoms with E-state index in [4.69, 9.17) is 132 Å². The SMILES string of the molecule is C=CC(=O)OCCOc1ccc(C(=O)O)cc1.C=CC(=O)OCCOc1ccc(C(=O)O[C@@H]2COC3C2OC[C@@H]3O)cc1.C=CC(=O)OCCOc1ccc(C(=O)O[C@@H]2COC3C2OC[C@@H]3OC(=O)c2ccc(C#N)cc2)cc1.C=CC(=O)OCl.CCOC(=O)c1ccc(O)cc1.N#Cc1ccc(C(=O)O)cc1.O=C(O)c1ccc(OCCO)cc1.OCCBr.O[C@@H]1COC2C1OC[C@@H]2O. The minimum absolute atomic E-state index is 0.0549. The second-order valence-corrected chi connectivity index (χ2v) is 28.2. The van der Waals surface area contributed by atoms with Gasteiger partial charge in [-0.1, -0.05) is 42.2 Å². The van der Waals surface area contributed by atoms with E-state index < -0.39 is 121 Å². The van der Waals surface area contributed by atoms with Crippen molar-refractivity contribution in [3.05, 3.63) is 271 Å². The van der Waals surface area contributed by atoms with Crippen LogP contribution in [0.2, 0.25) is 0 Å². The third kappa shape index (κ3) is 39.7. The normalized spacial score (nSPS) is 19.2. The third-order valence-corrected chi connectivity index (χ3v) is 18.5. The molecule has 6 fully saturated rings. The number of phenols is 1. The van der Waals surface area contributed by atoms with Gasteiger partial charge < -0.3 is 131 Å². The number of rotatable bonds is 31. The summed E-state index contributed by atoms with van der Waals surface area (Å²) in [4.78, 5) is 122. The fourth-order valence-electron chi connectivity index (χ4n) is 11.5. The summed E-state index contributed by atoms with van der Waals surface area (Å²) in [6.45, 7) is 17.4. The summed E-state index contributed by atoms with van der Waals surface area (Å²) in [5, 5.41) is 96.8. The Balaban J connectivity index is 0.000000287. The number of phenolic OH excluding ortho intramolecular Hbond substituents is 1. The molecule has 7 aromatic rings. The average Bonchev–Trinajstić information content (AvgIpc) is 1.64. The predicted molar refractivity (Wildman–Crippen MR) is 473 cm³/mol. The molecule has 7 aromatic carbocycles. The van der Waals surface area contributed by atoms with Gasteiger partial charge in [-0.15, -0.1) is 0 Å². The van der Waals surface area contributed by atoms with E-state index in [1.165, 1.54) is 97.1 Å². The number of carboxylic acids is 3. The van der Waals surface area contributed by atoms with Crippen molar-refractivity contribution in [3.8, 4) is 40.9 Å². The Hall–Kier alpha value is -14.0. The zero-order chi connectivity index (χ0) is 99.2. The number of carbonyl (C=O) groups excluding carboxylic acids is 8. The zero-order valence-electron chi connectivity index (χ0n) is 72.3. The van der Waals surface area contributed by atoms with E-state index in [1.807, 2.05) is 12.1 Å². The van der Waals surface area contributed by atoms with Gasteiger partial charge in [0.2, 0.25) is 0 Å². The Labute approximate surface area is 786 Å². The lowest BCUT2D eigenvalue weighted by Crippen LogP contribution is -2.36. The summed E-state index contributed by atoms with van der Waals surface area (Å²) in [5.74, 6) is -4.85. The van der Waals surface area contributed by atoms with Gasteiger partial charge in [0.15, 0.2) is 18.3 Å². The van der Waals surface area contributed by atoms with Crippen molar-refractivity contribution in [1.29, 1.82) is 10.5 Å². The number of fused-ring (bicyclic) bond motifs is 3. The molecule has 0 aromatic heterocycles. The third-order valence-electron chi connectivity index (χ3n) is 18.0. The zero-order valence-corrected chi connectivity index (χ0v) is 74.6. The first kappa shape index (κ1) is 111. The van der Waals surface area contributed by atoms with Crippen molar-refractivity contribution in [2.45, 2.75) is 80.2 Å². The van der Waals surface area contributed by atoms with Crippen LogP contribution in [0, 0.1) is 22.7 Å². The molecule has 12 atom stereocenters. The number of carboxylic acid groups (broad SMARTS) is 3. The van der Waals surface area contributed by atoms with Gasteiger partial charge in [-0.2, -0.15) is 10.5 Å². The highest BCUT2D eigenvalue weighted by atomic mass is 79.9. The molecule has 0 radical (unpaired) electrons. The summed E-state index contributed by atoms with van der Waals surface area (Å²) in [6.07, 6.45) is -2.04. The van der Waals surface area contributed by atoms with Crippen LogP contribution in [0.4, 0.5) is 0 Å². The highest BCUT2D eigenvalue weighted by Crippen LogP contribution is 2.33. The van der Waals surface area contributed by atoms with Crippen molar-refractivity contribution in [1.82, 2.24) is 0 Å². The van der Waals surface area contributed by atoms with E-state index in [0.717, 1.165) is 24.3 Å². The maximum absolute atomic E-state index is 12.6. The molecule has 6 saturated heterocycles. The number of nitriles is 2. The number of hydrogen-bond donors (Lipinski definition) is 9. The smallest absolute Gasteiger partial charge is 0.348 e. The number of aromatic hydroxyl groups is 1. The van der Waals surface area contributed by atoms with E-state index in [9.17, 15) is 57.8 Å². The molecule has 42 heteroatoms. The molecule has 6 heterocycles. The number of alkyl halides is 1. The highest BCUT2D eigenvalue weighted by molar-refractivity contribution is 9.09. The van der Waals surface area contributed by atoms with Gasteiger partial charge >= 0.3 is 65.7 Å². The number of aliphatic hydroxyl groups excluding tert-OH is 5. The molecular weight excluding hydrogens is 1870 g/mol. The Morgan fingerprint density at radius 2 is 0.622 bits per heavy atom. The van der Waals surface area contributed by atoms with Gasteiger partial charge in [0.05, 0.1) is 122 Å². The Bertz CT molecular complexity index is 5020. The first-order chi connectivity index (χ1) is 64.9. The Morgan fingerprint density at radius 3 is 0.896 bits per heavy atom. The number of hydrogen-bond acceptors (Lipinski definition) is 37. The van der Waals surface area contributed by atoms with E-state index in [0.29, 0.717) is 68.3 Å². The van der Waals surface area contributed by atoms with Gasteiger partial charge in [0, 0.05) is 29.6 Å². The largest absolute Gasteiger partial charge is 0.508 e. The molecule has 0 amide bonds. The van der Waals surface area contributed by atoms with Crippen molar-refractivity contribution < 1.29 is 184 Å². The van der Waals surface area contributed by atoms with E-state index in [-0.39, 0.29) is 140 Å². The number of carbonyl (C=O) groups is 11. The lowest BCUT2D eigenvalue weighted by atomic mass is 10.1. The van der Waals surface area contributed by atoms with Crippen LogP contribution >= 0.6 is 27.8 Å². The number of ether oxygens (including phenoxy) is 17. The van der Waals surface area contributed by atoms with E-state index in [1.54, 1.807) is 79.7 Å². The van der Waals surface area contributed by atoms with Crippen LogP contribution in [0.3, 0.4) is 0 Å². The van der Waals surface area contributed by atoms with Crippen molar-refractivity contribution in [2.24, 2.45) is 0 Å². The predicted octanol–water partition coefficient (Wildman–Crippen LogP) is 7.52. The molecule has 9 N–H and O–H groups in total. The molecule has 135 heavy (non-hydrogen) atoms. The molecule has 0 bridgehead atoms. The number of halogens is 2. The molecule has 0 spiro atoms. The summed E-state index contributed by atoms with van der Waals surface area (Å²) in [5.41, 5.74) is 2.94. The Morgan fingerprint density at radius 1 is 0.370 bits per heavy atom. The van der Waals surface area contributed by atoms with Crippen LogP contribution < -0.4 is 18.9 Å². The van der Waals surface area contributed by atoms with E-state index in [2.05, 4.69) is 58.4 Å². The van der Waals surface area contributed by atoms with Gasteiger partial charge in [-0.25, -0.2) is 52.7 Å². The summed E-state index contributed by atoms with van der Waals surface area (Å²) in [6, 6.07) is 46.4. The standard InChI is InChI=1S/C26H23NO9.C18H20O8.C12H12O5.C9H10O4.C9H10O3.C8H5NO2.C6H10O4.C3H3ClO2.C2H5BrO/c1-2-22(28)32-12-11-31-19-9-7-18(8-10-19)26(30)36-21-15-34-23-20(14-33-24(21)23)35-25(29)17-5-3-16(13-27)4-6-17;1-2-15(20)23-8-7-22-12-5-3-11(4-6-12)18(21)26-14-10-25-16-13(19)9-24-17(14)16;1-2-11(13)17-8-7-16-10-5-3-9(4-6-10)12(14)15;10-5-6-13-8-3-1-7(2-4-8)9(11)12;1-2-12-9(11)7-3-5-8(10)6-4-7;9-5-6-1-3-7(4-2-6)8(10)11;7-3-1-9-6-4(8)2-10-5(3)6;1-2-3(5)6-4;3-1-2-4/h2-10,20-21,23-24H,1,11-12,14-15H2;2-6,13-14,16-17,19H,1,7-10H2;2-6H,1,7-8H2,(H,14,15);1-4,10H,5-6H2,(H,11,12);3-6,10H,2H2,1H3;1-4H,(H,10,11);3-8H,1-2H2;2H,1H2;4H,1-2H2/t20-,21+,23?,24?;13-,14+,16?,17?;;;;;3-,4+,5?,6?;;/m00......./s1. The maximum Gasteiger partial charge on any atom is 0.348 e. The first-order valence-electron chi connectivity index (χ1n) is 40.5. The fourth-order valence-corrected chi connectivity index (χ4v) is 11.5. The second kappa shape index (κ2) is 61.7. The monoisotopic (exact) mass is 1960 g/mol. The molecule has 722 valence electrons. The fraction of sp³-hybridized carbons (Fsp3) is 0.323. The van der Waals surface area contributed by atoms with Crippen LogP contribution in [0.5, 0.6) is 28.7 Å². The van der Waals surface area contributed by atoms with Crippen LogP contribution in [0.15, 0.2) is 220 Å². The topological polar surface area (TPSA) is 584 Å². The number of nitrogens with zero attached hydrogens (tertiary/aromatic N) is 2. The average molecular weight is 1970 g/mol. The molecule has 0 aliphatic carbocycles. The van der Waals surface area contributed by atoms with Crippen molar-refractivity contribution in [2.75, 3.05) is 111 Å². The lowest BCUT2D eigenvalue weighted by Gasteiger charge is -2.17. The van der Waals surface area contributed by atoms with Gasteiger partial charge in [-0.05, 0) is 177 Å².